The Bertz CT molecular complexity index is 876. The van der Waals surface area contributed by atoms with Gasteiger partial charge in [-0.3, -0.25) is 4.79 Å². The number of carbonyl (C=O) groups excluding carboxylic acids is 1. The van der Waals surface area contributed by atoms with Crippen LogP contribution in [0.2, 0.25) is 0 Å². The summed E-state index contributed by atoms with van der Waals surface area (Å²) in [5.74, 6) is 0.0859. The Morgan fingerprint density at radius 3 is 2.92 bits per heavy atom. The molecule has 1 aromatic carbocycles. The number of aryl methyl sites for hydroxylation is 1. The van der Waals surface area contributed by atoms with Crippen LogP contribution in [0, 0.1) is 6.92 Å². The molecular formula is C19H18N2OS2. The molecule has 24 heavy (non-hydrogen) atoms. The lowest BCUT2D eigenvalue weighted by molar-refractivity contribution is -0.126. The summed E-state index contributed by atoms with van der Waals surface area (Å²) in [6.07, 6.45) is 5.67. The van der Waals surface area contributed by atoms with Crippen LogP contribution in [0.15, 0.2) is 42.5 Å². The maximum absolute atomic E-state index is 12.6. The van der Waals surface area contributed by atoms with Crippen molar-refractivity contribution in [1.82, 2.24) is 9.88 Å². The fourth-order valence-electron chi connectivity index (χ4n) is 3.11. The maximum atomic E-state index is 12.6. The van der Waals surface area contributed by atoms with Crippen LogP contribution >= 0.6 is 22.7 Å². The van der Waals surface area contributed by atoms with Crippen LogP contribution in [0.1, 0.15) is 33.6 Å². The number of rotatable bonds is 3. The minimum atomic E-state index is 0.0859. The average molecular weight is 354 g/mol. The Kier molecular flexibility index (Phi) is 4.21. The first kappa shape index (κ1) is 15.5. The fourth-order valence-corrected chi connectivity index (χ4v) is 5.01. The third-order valence-corrected chi connectivity index (χ3v) is 6.39. The molecule has 3 aromatic rings. The number of hydrogen-bond acceptors (Lipinski definition) is 4. The van der Waals surface area contributed by atoms with Crippen molar-refractivity contribution < 1.29 is 4.79 Å². The standard InChI is InChI=1S/C19H18N2OS2/c1-13-8-9-14(23-13)10-11-18(22)21-12-4-6-16(21)19-20-15-5-2-3-7-17(15)24-19/h2-3,5,7-11,16H,4,6,12H2,1H3/b11-10+/t16-/m0/s1. The van der Waals surface area contributed by atoms with Crippen LogP contribution in [0.3, 0.4) is 0 Å². The summed E-state index contributed by atoms with van der Waals surface area (Å²) in [7, 11) is 0. The molecule has 3 heterocycles. The molecule has 5 heteroatoms. The molecule has 1 aliphatic rings. The lowest BCUT2D eigenvalue weighted by atomic mass is 10.2. The van der Waals surface area contributed by atoms with E-state index < -0.39 is 0 Å². The summed E-state index contributed by atoms with van der Waals surface area (Å²) in [5.41, 5.74) is 1.03. The molecule has 1 amide bonds. The Balaban J connectivity index is 1.55. The van der Waals surface area contributed by atoms with Gasteiger partial charge in [0.25, 0.3) is 0 Å². The van der Waals surface area contributed by atoms with Crippen LogP contribution in [0.5, 0.6) is 0 Å². The Hall–Kier alpha value is -1.98. The molecule has 122 valence electrons. The third-order valence-electron chi connectivity index (χ3n) is 4.28. The normalized spacial score (nSPS) is 18.0. The molecule has 1 fully saturated rings. The Labute approximate surface area is 149 Å². The quantitative estimate of drug-likeness (QED) is 0.617. The topological polar surface area (TPSA) is 33.2 Å². The zero-order chi connectivity index (χ0) is 16.5. The molecule has 0 unspecified atom stereocenters. The number of fused-ring (bicyclic) bond motifs is 1. The monoisotopic (exact) mass is 354 g/mol. The minimum Gasteiger partial charge on any atom is -0.330 e. The zero-order valence-electron chi connectivity index (χ0n) is 13.4. The second kappa shape index (κ2) is 6.49. The number of para-hydroxylation sites is 1. The first-order chi connectivity index (χ1) is 11.7. The van der Waals surface area contributed by atoms with Gasteiger partial charge < -0.3 is 4.90 Å². The largest absolute Gasteiger partial charge is 0.330 e. The summed E-state index contributed by atoms with van der Waals surface area (Å²) in [6.45, 7) is 2.89. The molecule has 0 spiro atoms. The number of thiazole rings is 1. The molecule has 0 aliphatic carbocycles. The number of thiophene rings is 1. The molecule has 0 N–H and O–H groups in total. The van der Waals surface area contributed by atoms with E-state index in [9.17, 15) is 4.79 Å². The second-order valence-corrected chi connectivity index (χ2v) is 8.37. The van der Waals surface area contributed by atoms with Gasteiger partial charge in [-0.15, -0.1) is 22.7 Å². The van der Waals surface area contributed by atoms with Crippen molar-refractivity contribution in [2.24, 2.45) is 0 Å². The molecule has 1 atom stereocenters. The van der Waals surface area contributed by atoms with E-state index in [0.717, 1.165) is 34.8 Å². The highest BCUT2D eigenvalue weighted by molar-refractivity contribution is 7.18. The van der Waals surface area contributed by atoms with Gasteiger partial charge in [0.2, 0.25) is 5.91 Å². The SMILES string of the molecule is Cc1ccc(/C=C/C(=O)N2CCC[C@H]2c2nc3ccccc3s2)s1. The minimum absolute atomic E-state index is 0.0859. The number of likely N-dealkylation sites (tertiary alicyclic amines) is 1. The molecule has 0 radical (unpaired) electrons. The van der Waals surface area contributed by atoms with Gasteiger partial charge in [-0.2, -0.15) is 0 Å². The van der Waals surface area contributed by atoms with Crippen molar-refractivity contribution in [1.29, 1.82) is 0 Å². The van der Waals surface area contributed by atoms with E-state index in [1.807, 2.05) is 29.2 Å². The first-order valence-corrected chi connectivity index (χ1v) is 9.74. The molecule has 3 nitrogen and oxygen atoms in total. The number of amides is 1. The lowest BCUT2D eigenvalue weighted by Gasteiger charge is -2.21. The Morgan fingerprint density at radius 1 is 1.25 bits per heavy atom. The fraction of sp³-hybridized carbons (Fsp3) is 0.263. The summed E-state index contributed by atoms with van der Waals surface area (Å²) in [4.78, 5) is 21.7. The van der Waals surface area contributed by atoms with E-state index >= 15 is 0 Å². The number of hydrogen-bond donors (Lipinski definition) is 0. The molecule has 1 aliphatic heterocycles. The summed E-state index contributed by atoms with van der Waals surface area (Å²) in [6, 6.07) is 12.4. The van der Waals surface area contributed by atoms with Gasteiger partial charge in [0.05, 0.1) is 16.3 Å². The Morgan fingerprint density at radius 2 is 2.12 bits per heavy atom. The van der Waals surface area contributed by atoms with Crippen LogP contribution < -0.4 is 0 Å². The number of carbonyl (C=O) groups is 1. The van der Waals surface area contributed by atoms with Crippen molar-refractivity contribution in [2.45, 2.75) is 25.8 Å². The molecule has 2 aromatic heterocycles. The van der Waals surface area contributed by atoms with Gasteiger partial charge in [0.15, 0.2) is 0 Å². The first-order valence-electron chi connectivity index (χ1n) is 8.11. The highest BCUT2D eigenvalue weighted by Crippen LogP contribution is 2.36. The van der Waals surface area contributed by atoms with Crippen molar-refractivity contribution in [3.05, 3.63) is 57.2 Å². The predicted molar refractivity (Wildman–Crippen MR) is 101 cm³/mol. The highest BCUT2D eigenvalue weighted by atomic mass is 32.1. The average Bonchev–Trinajstić information content (AvgIpc) is 3.30. The van der Waals surface area contributed by atoms with Crippen molar-refractivity contribution in [3.63, 3.8) is 0 Å². The van der Waals surface area contributed by atoms with Gasteiger partial charge in [0.1, 0.15) is 5.01 Å². The number of nitrogens with zero attached hydrogens (tertiary/aromatic N) is 2. The van der Waals surface area contributed by atoms with E-state index in [4.69, 9.17) is 4.98 Å². The highest BCUT2D eigenvalue weighted by Gasteiger charge is 2.31. The molecular weight excluding hydrogens is 336 g/mol. The van der Waals surface area contributed by atoms with E-state index in [-0.39, 0.29) is 11.9 Å². The van der Waals surface area contributed by atoms with Crippen molar-refractivity contribution >= 4 is 44.9 Å². The van der Waals surface area contributed by atoms with Gasteiger partial charge >= 0.3 is 0 Å². The van der Waals surface area contributed by atoms with E-state index in [0.29, 0.717) is 0 Å². The second-order valence-electron chi connectivity index (χ2n) is 5.99. The van der Waals surface area contributed by atoms with Crippen molar-refractivity contribution in [2.75, 3.05) is 6.54 Å². The lowest BCUT2D eigenvalue weighted by Crippen LogP contribution is -2.28. The van der Waals surface area contributed by atoms with Crippen LogP contribution in [-0.2, 0) is 4.79 Å². The van der Waals surface area contributed by atoms with Crippen LogP contribution in [0.25, 0.3) is 16.3 Å². The molecule has 0 saturated carbocycles. The van der Waals surface area contributed by atoms with Crippen LogP contribution in [-0.4, -0.2) is 22.3 Å². The van der Waals surface area contributed by atoms with E-state index in [2.05, 4.69) is 25.1 Å². The molecule has 1 saturated heterocycles. The summed E-state index contributed by atoms with van der Waals surface area (Å²) in [5, 5.41) is 1.06. The van der Waals surface area contributed by atoms with E-state index in [1.165, 1.54) is 9.58 Å². The van der Waals surface area contributed by atoms with Crippen LogP contribution in [0.4, 0.5) is 0 Å². The third kappa shape index (κ3) is 3.01. The predicted octanol–water partition coefficient (Wildman–Crippen LogP) is 5.04. The van der Waals surface area contributed by atoms with E-state index in [1.54, 1.807) is 28.7 Å². The maximum Gasteiger partial charge on any atom is 0.247 e. The van der Waals surface area contributed by atoms with Gasteiger partial charge in [0, 0.05) is 22.4 Å². The molecule has 0 bridgehead atoms. The number of aromatic nitrogens is 1. The van der Waals surface area contributed by atoms with Gasteiger partial charge in [-0.1, -0.05) is 12.1 Å². The zero-order valence-corrected chi connectivity index (χ0v) is 15.1. The number of benzene rings is 1. The smallest absolute Gasteiger partial charge is 0.247 e. The van der Waals surface area contributed by atoms with Crippen molar-refractivity contribution in [3.8, 4) is 0 Å². The molecule has 4 rings (SSSR count). The summed E-state index contributed by atoms with van der Waals surface area (Å²) < 4.78 is 1.19. The summed E-state index contributed by atoms with van der Waals surface area (Å²) >= 11 is 3.41. The van der Waals surface area contributed by atoms with Gasteiger partial charge in [-0.25, -0.2) is 4.98 Å². The van der Waals surface area contributed by atoms with Gasteiger partial charge in [-0.05, 0) is 50.1 Å².